The molecule has 6 nitrogen and oxygen atoms in total. The molecule has 1 aliphatic heterocycles. The maximum Gasteiger partial charge on any atom is 0.410 e. The van der Waals surface area contributed by atoms with Crippen LogP contribution in [-0.4, -0.2) is 52.8 Å². The molecule has 0 aromatic heterocycles. The van der Waals surface area contributed by atoms with Gasteiger partial charge in [0.1, 0.15) is 5.60 Å². The van der Waals surface area contributed by atoms with Crippen LogP contribution < -0.4 is 5.32 Å². The number of nitrogens with one attached hydrogen (secondary N) is 1. The lowest BCUT2D eigenvalue weighted by Gasteiger charge is -2.49. The Bertz CT molecular complexity index is 395. The molecule has 0 aromatic rings. The van der Waals surface area contributed by atoms with Gasteiger partial charge in [0.05, 0.1) is 12.0 Å². The summed E-state index contributed by atoms with van der Waals surface area (Å²) in [7, 11) is 0. The summed E-state index contributed by atoms with van der Waals surface area (Å²) in [6, 6.07) is 0. The number of hydrogen-bond acceptors (Lipinski definition) is 4. The predicted molar refractivity (Wildman–Crippen MR) is 84.9 cm³/mol. The molecule has 1 amide bonds. The number of carbonyl (C=O) groups is 2. The number of ether oxygens (including phenoxy) is 1. The molecule has 0 bridgehead atoms. The standard InChI is InChI=1S/C16H30N2O4/c1-12(2)7-6-8-17-16(9-13(19)20)10-18(11-16)14(21)22-15(3,4)5/h12,17H,6-11H2,1-5H3,(H,19,20). The lowest BCUT2D eigenvalue weighted by Crippen LogP contribution is -2.71. The van der Waals surface area contributed by atoms with Gasteiger partial charge in [0.2, 0.25) is 0 Å². The van der Waals surface area contributed by atoms with Gasteiger partial charge in [-0.3, -0.25) is 4.79 Å². The van der Waals surface area contributed by atoms with Crippen molar-refractivity contribution in [2.45, 2.75) is 65.0 Å². The second-order valence-electron chi connectivity index (χ2n) is 7.65. The third-order valence-corrected chi connectivity index (χ3v) is 3.59. The minimum Gasteiger partial charge on any atom is -0.481 e. The SMILES string of the molecule is CC(C)CCCNC1(CC(=O)O)CN(C(=O)OC(C)(C)C)C1. The summed E-state index contributed by atoms with van der Waals surface area (Å²) in [5.41, 5.74) is -1.05. The van der Waals surface area contributed by atoms with Gasteiger partial charge in [0, 0.05) is 13.1 Å². The minimum atomic E-state index is -0.847. The molecule has 0 aromatic carbocycles. The summed E-state index contributed by atoms with van der Waals surface area (Å²) >= 11 is 0. The molecule has 0 atom stereocenters. The number of aliphatic carboxylic acids is 1. The Labute approximate surface area is 133 Å². The molecular weight excluding hydrogens is 284 g/mol. The number of carboxylic acid groups (broad SMARTS) is 1. The van der Waals surface area contributed by atoms with Gasteiger partial charge in [-0.05, 0) is 46.1 Å². The highest BCUT2D eigenvalue weighted by Gasteiger charge is 2.47. The number of rotatable bonds is 7. The number of carboxylic acids is 1. The van der Waals surface area contributed by atoms with E-state index in [0.29, 0.717) is 19.0 Å². The first-order chi connectivity index (χ1) is 10.0. The molecule has 1 rings (SSSR count). The Kier molecular flexibility index (Phi) is 6.23. The van der Waals surface area contributed by atoms with Crippen LogP contribution in [-0.2, 0) is 9.53 Å². The average molecular weight is 314 g/mol. The zero-order chi connectivity index (χ0) is 17.0. The Morgan fingerprint density at radius 2 is 1.91 bits per heavy atom. The number of hydrogen-bond donors (Lipinski definition) is 2. The highest BCUT2D eigenvalue weighted by Crippen LogP contribution is 2.27. The van der Waals surface area contributed by atoms with E-state index in [2.05, 4.69) is 19.2 Å². The fourth-order valence-electron chi connectivity index (χ4n) is 2.58. The van der Waals surface area contributed by atoms with Gasteiger partial charge >= 0.3 is 12.1 Å². The van der Waals surface area contributed by atoms with E-state index in [0.717, 1.165) is 19.4 Å². The third-order valence-electron chi connectivity index (χ3n) is 3.59. The van der Waals surface area contributed by atoms with E-state index in [1.807, 2.05) is 20.8 Å². The molecule has 6 heteroatoms. The lowest BCUT2D eigenvalue weighted by atomic mass is 9.86. The van der Waals surface area contributed by atoms with Crippen LogP contribution in [0.4, 0.5) is 4.79 Å². The van der Waals surface area contributed by atoms with Crippen molar-refractivity contribution in [3.8, 4) is 0 Å². The number of amides is 1. The van der Waals surface area contributed by atoms with Crippen LogP contribution in [0.25, 0.3) is 0 Å². The third kappa shape index (κ3) is 6.22. The first-order valence-corrected chi connectivity index (χ1v) is 7.98. The average Bonchev–Trinajstić information content (AvgIpc) is 2.26. The van der Waals surface area contributed by atoms with Crippen LogP contribution in [0.2, 0.25) is 0 Å². The molecule has 1 fully saturated rings. The van der Waals surface area contributed by atoms with Crippen LogP contribution in [0, 0.1) is 5.92 Å². The fraction of sp³-hybridized carbons (Fsp3) is 0.875. The Morgan fingerprint density at radius 3 is 2.36 bits per heavy atom. The maximum absolute atomic E-state index is 12.0. The van der Waals surface area contributed by atoms with Gasteiger partial charge < -0.3 is 20.1 Å². The van der Waals surface area contributed by atoms with Crippen molar-refractivity contribution in [2.24, 2.45) is 5.92 Å². The van der Waals surface area contributed by atoms with Crippen LogP contribution in [0.5, 0.6) is 0 Å². The van der Waals surface area contributed by atoms with E-state index in [1.54, 1.807) is 4.90 Å². The molecule has 2 N–H and O–H groups in total. The Morgan fingerprint density at radius 1 is 1.32 bits per heavy atom. The molecular formula is C16H30N2O4. The van der Waals surface area contributed by atoms with Crippen molar-refractivity contribution in [3.05, 3.63) is 0 Å². The summed E-state index contributed by atoms with van der Waals surface area (Å²) in [5.74, 6) is -0.211. The van der Waals surface area contributed by atoms with E-state index in [-0.39, 0.29) is 12.5 Å². The van der Waals surface area contributed by atoms with Crippen LogP contribution in [0.15, 0.2) is 0 Å². The zero-order valence-electron chi connectivity index (χ0n) is 14.4. The minimum absolute atomic E-state index is 0.0218. The van der Waals surface area contributed by atoms with Crippen LogP contribution in [0.1, 0.15) is 53.9 Å². The maximum atomic E-state index is 12.0. The molecule has 1 saturated heterocycles. The van der Waals surface area contributed by atoms with Crippen molar-refractivity contribution >= 4 is 12.1 Å². The topological polar surface area (TPSA) is 78.9 Å². The van der Waals surface area contributed by atoms with Gasteiger partial charge in [-0.15, -0.1) is 0 Å². The summed E-state index contributed by atoms with van der Waals surface area (Å²) in [4.78, 5) is 24.6. The van der Waals surface area contributed by atoms with Crippen molar-refractivity contribution in [1.29, 1.82) is 0 Å². The van der Waals surface area contributed by atoms with E-state index < -0.39 is 17.1 Å². The van der Waals surface area contributed by atoms with Gasteiger partial charge in [-0.25, -0.2) is 4.79 Å². The van der Waals surface area contributed by atoms with Gasteiger partial charge in [0.15, 0.2) is 0 Å². The summed E-state index contributed by atoms with van der Waals surface area (Å²) in [5, 5.41) is 12.4. The van der Waals surface area contributed by atoms with Gasteiger partial charge in [-0.2, -0.15) is 0 Å². The molecule has 0 radical (unpaired) electrons. The van der Waals surface area contributed by atoms with Crippen molar-refractivity contribution in [1.82, 2.24) is 10.2 Å². The van der Waals surface area contributed by atoms with Crippen molar-refractivity contribution < 1.29 is 19.4 Å². The smallest absolute Gasteiger partial charge is 0.410 e. The number of likely N-dealkylation sites (tertiary alicyclic amines) is 1. The number of nitrogens with zero attached hydrogens (tertiary/aromatic N) is 1. The van der Waals surface area contributed by atoms with Crippen LogP contribution >= 0.6 is 0 Å². The van der Waals surface area contributed by atoms with E-state index in [4.69, 9.17) is 9.84 Å². The fourth-order valence-corrected chi connectivity index (χ4v) is 2.58. The first kappa shape index (κ1) is 18.7. The highest BCUT2D eigenvalue weighted by atomic mass is 16.6. The molecule has 0 unspecified atom stereocenters. The second kappa shape index (κ2) is 7.31. The quantitative estimate of drug-likeness (QED) is 0.706. The molecule has 0 saturated carbocycles. The predicted octanol–water partition coefficient (Wildman–Crippen LogP) is 2.48. The van der Waals surface area contributed by atoms with E-state index in [9.17, 15) is 9.59 Å². The second-order valence-corrected chi connectivity index (χ2v) is 7.65. The summed E-state index contributed by atoms with van der Waals surface area (Å²) in [6.07, 6.45) is 1.75. The Hall–Kier alpha value is -1.30. The van der Waals surface area contributed by atoms with Gasteiger partial charge in [-0.1, -0.05) is 13.8 Å². The Balaban J connectivity index is 2.48. The van der Waals surface area contributed by atoms with E-state index in [1.165, 1.54) is 0 Å². The normalized spacial score (nSPS) is 17.3. The molecule has 22 heavy (non-hydrogen) atoms. The van der Waals surface area contributed by atoms with Crippen molar-refractivity contribution in [2.75, 3.05) is 19.6 Å². The summed E-state index contributed by atoms with van der Waals surface area (Å²) < 4.78 is 5.31. The molecule has 1 heterocycles. The van der Waals surface area contributed by atoms with Crippen molar-refractivity contribution in [3.63, 3.8) is 0 Å². The summed E-state index contributed by atoms with van der Waals surface area (Å²) in [6.45, 7) is 11.3. The van der Waals surface area contributed by atoms with Gasteiger partial charge in [0.25, 0.3) is 0 Å². The van der Waals surface area contributed by atoms with Crippen LogP contribution in [0.3, 0.4) is 0 Å². The largest absolute Gasteiger partial charge is 0.481 e. The number of carbonyl (C=O) groups excluding carboxylic acids is 1. The molecule has 128 valence electrons. The monoisotopic (exact) mass is 314 g/mol. The molecule has 0 spiro atoms. The highest BCUT2D eigenvalue weighted by molar-refractivity contribution is 5.73. The molecule has 1 aliphatic rings. The molecule has 0 aliphatic carbocycles. The van der Waals surface area contributed by atoms with E-state index >= 15 is 0 Å². The first-order valence-electron chi connectivity index (χ1n) is 7.98. The zero-order valence-corrected chi connectivity index (χ0v) is 14.4. The lowest BCUT2D eigenvalue weighted by molar-refractivity contribution is -0.141.